The van der Waals surface area contributed by atoms with E-state index in [1.54, 1.807) is 54.6 Å². The summed E-state index contributed by atoms with van der Waals surface area (Å²) in [5.41, 5.74) is 0.00627. The molecule has 13 nitrogen and oxygen atoms in total. The number of urea groups is 1. The second kappa shape index (κ2) is 12.3. The minimum absolute atomic E-state index is 0.0373. The molecule has 0 unspecified atom stereocenters. The molecule has 238 valence electrons. The van der Waals surface area contributed by atoms with Gasteiger partial charge in [0.1, 0.15) is 5.57 Å². The molecular formula is C32H24Cl2N6O7. The van der Waals surface area contributed by atoms with Crippen molar-refractivity contribution in [3.05, 3.63) is 114 Å². The monoisotopic (exact) mass is 674 g/mol. The van der Waals surface area contributed by atoms with E-state index in [4.69, 9.17) is 32.7 Å². The van der Waals surface area contributed by atoms with E-state index in [2.05, 4.69) is 10.3 Å². The number of methoxy groups -OCH3 is 1. The molecular weight excluding hydrogens is 651 g/mol. The van der Waals surface area contributed by atoms with E-state index in [0.29, 0.717) is 26.9 Å². The van der Waals surface area contributed by atoms with Gasteiger partial charge in [0.15, 0.2) is 22.7 Å². The Morgan fingerprint density at radius 3 is 2.34 bits per heavy atom. The van der Waals surface area contributed by atoms with Crippen LogP contribution in [0, 0.1) is 0 Å². The number of aromatic nitrogens is 4. The number of para-hydroxylation sites is 1. The first-order chi connectivity index (χ1) is 22.5. The van der Waals surface area contributed by atoms with Crippen molar-refractivity contribution in [3.8, 4) is 17.5 Å². The summed E-state index contributed by atoms with van der Waals surface area (Å²) in [5, 5.41) is 2.96. The summed E-state index contributed by atoms with van der Waals surface area (Å²) < 4.78 is 15.4. The first-order valence-electron chi connectivity index (χ1n) is 13.9. The zero-order valence-corrected chi connectivity index (χ0v) is 26.5. The highest BCUT2D eigenvalue weighted by Crippen LogP contribution is 2.35. The van der Waals surface area contributed by atoms with E-state index in [9.17, 15) is 24.0 Å². The van der Waals surface area contributed by atoms with E-state index in [1.165, 1.54) is 48.5 Å². The van der Waals surface area contributed by atoms with Gasteiger partial charge in [-0.2, -0.15) is 4.98 Å². The fourth-order valence-electron chi connectivity index (χ4n) is 5.06. The van der Waals surface area contributed by atoms with Crippen molar-refractivity contribution >= 4 is 64.0 Å². The van der Waals surface area contributed by atoms with Crippen molar-refractivity contribution in [1.82, 2.24) is 24.0 Å². The van der Waals surface area contributed by atoms with Crippen LogP contribution in [0.25, 0.3) is 17.2 Å². The van der Waals surface area contributed by atoms with E-state index < -0.39 is 29.1 Å². The normalized spacial score (nSPS) is 14.2. The smallest absolute Gasteiger partial charge is 0.335 e. The van der Waals surface area contributed by atoms with Gasteiger partial charge in [0.2, 0.25) is 0 Å². The number of nitrogens with zero attached hydrogens (tertiary/aromatic N) is 5. The summed E-state index contributed by atoms with van der Waals surface area (Å²) in [7, 11) is 4.24. The van der Waals surface area contributed by atoms with Crippen LogP contribution in [0.15, 0.2) is 81.9 Å². The molecule has 4 amide bonds. The third-order valence-electron chi connectivity index (χ3n) is 7.47. The molecule has 0 spiro atoms. The third-order valence-corrected chi connectivity index (χ3v) is 8.06. The molecule has 2 aromatic heterocycles. The van der Waals surface area contributed by atoms with Crippen LogP contribution >= 0.6 is 23.2 Å². The average molecular weight is 675 g/mol. The van der Waals surface area contributed by atoms with Gasteiger partial charge in [-0.1, -0.05) is 53.5 Å². The number of imidazole rings is 1. The number of aryl methyl sites for hydroxylation is 1. The average Bonchev–Trinajstić information content (AvgIpc) is 3.40. The van der Waals surface area contributed by atoms with Gasteiger partial charge in [-0.25, -0.2) is 14.5 Å². The number of rotatable bonds is 7. The predicted octanol–water partition coefficient (Wildman–Crippen LogP) is 4.26. The number of fused-ring (bicyclic) bond motifs is 1. The first-order valence-corrected chi connectivity index (χ1v) is 14.7. The molecule has 3 heterocycles. The fraction of sp³-hybridized carbons (Fsp3) is 0.125. The number of barbiturate groups is 1. The summed E-state index contributed by atoms with van der Waals surface area (Å²) in [5.74, 6) is -1.31. The molecule has 1 fully saturated rings. The number of anilines is 1. The Balaban J connectivity index is 1.41. The Morgan fingerprint density at radius 2 is 1.64 bits per heavy atom. The molecule has 1 saturated heterocycles. The highest BCUT2D eigenvalue weighted by atomic mass is 35.5. The van der Waals surface area contributed by atoms with Gasteiger partial charge in [-0.3, -0.25) is 33.4 Å². The highest BCUT2D eigenvalue weighted by molar-refractivity contribution is 6.39. The summed E-state index contributed by atoms with van der Waals surface area (Å²) in [6.07, 6.45) is 1.32. The minimum atomic E-state index is -0.861. The van der Waals surface area contributed by atoms with Gasteiger partial charge in [-0.05, 0) is 53.6 Å². The number of carbonyl (C=O) groups excluding carboxylic acids is 3. The van der Waals surface area contributed by atoms with Crippen molar-refractivity contribution in [3.63, 3.8) is 0 Å². The van der Waals surface area contributed by atoms with E-state index >= 15 is 0 Å². The summed E-state index contributed by atoms with van der Waals surface area (Å²) >= 11 is 12.5. The largest absolute Gasteiger partial charge is 0.493 e. The maximum atomic E-state index is 13.3. The Kier molecular flexibility index (Phi) is 8.18. The van der Waals surface area contributed by atoms with Crippen LogP contribution in [0.5, 0.6) is 17.5 Å². The summed E-state index contributed by atoms with van der Waals surface area (Å²) in [4.78, 5) is 69.9. The number of hydrogen-bond acceptors (Lipinski definition) is 8. The Bertz CT molecular complexity index is 2270. The number of halogens is 2. The molecule has 0 aliphatic carbocycles. The van der Waals surface area contributed by atoms with Crippen LogP contribution in [0.3, 0.4) is 0 Å². The van der Waals surface area contributed by atoms with Gasteiger partial charge in [0, 0.05) is 24.1 Å². The van der Waals surface area contributed by atoms with Gasteiger partial charge in [0.05, 0.1) is 19.3 Å². The minimum Gasteiger partial charge on any atom is -0.493 e. The van der Waals surface area contributed by atoms with Crippen LogP contribution in [0.1, 0.15) is 11.1 Å². The Morgan fingerprint density at radius 1 is 0.894 bits per heavy atom. The van der Waals surface area contributed by atoms with Crippen molar-refractivity contribution in [1.29, 1.82) is 0 Å². The van der Waals surface area contributed by atoms with Crippen LogP contribution in [-0.2, 0) is 30.2 Å². The third kappa shape index (κ3) is 5.66. The molecule has 3 aromatic carbocycles. The molecule has 1 aliphatic heterocycles. The fourth-order valence-corrected chi connectivity index (χ4v) is 5.53. The number of ether oxygens (including phenoxy) is 2. The topological polar surface area (TPSA) is 147 Å². The molecule has 47 heavy (non-hydrogen) atoms. The second-order valence-corrected chi connectivity index (χ2v) is 11.2. The molecule has 0 radical (unpaired) electrons. The number of amides is 4. The SMILES string of the molecule is COc1cc(/C=C2/C(=O)NC(=O)N(c3ccccc3)C2=O)ccc1Oc1nc2c(c(=O)n(C)c(=O)n2C)n1Cc1ccc(Cl)cc1Cl. The van der Waals surface area contributed by atoms with E-state index in [1.807, 2.05) is 0 Å². The zero-order valence-electron chi connectivity index (χ0n) is 25.0. The number of carbonyl (C=O) groups is 3. The lowest BCUT2D eigenvalue weighted by molar-refractivity contribution is -0.122. The molecule has 1 N–H and O–H groups in total. The van der Waals surface area contributed by atoms with Crippen LogP contribution in [0.4, 0.5) is 10.5 Å². The van der Waals surface area contributed by atoms with Gasteiger partial charge in [-0.15, -0.1) is 0 Å². The van der Waals surface area contributed by atoms with E-state index in [-0.39, 0.29) is 40.8 Å². The number of hydrogen-bond donors (Lipinski definition) is 1. The second-order valence-electron chi connectivity index (χ2n) is 10.4. The molecule has 1 aliphatic rings. The van der Waals surface area contributed by atoms with Crippen molar-refractivity contribution < 1.29 is 23.9 Å². The first kappa shape index (κ1) is 31.3. The molecule has 15 heteroatoms. The molecule has 0 atom stereocenters. The maximum Gasteiger partial charge on any atom is 0.335 e. The van der Waals surface area contributed by atoms with Crippen LogP contribution in [-0.4, -0.2) is 43.6 Å². The predicted molar refractivity (Wildman–Crippen MR) is 174 cm³/mol. The van der Waals surface area contributed by atoms with Crippen LogP contribution < -0.4 is 30.9 Å². The van der Waals surface area contributed by atoms with Gasteiger partial charge in [0.25, 0.3) is 17.4 Å². The molecule has 5 aromatic rings. The molecule has 0 bridgehead atoms. The zero-order chi connectivity index (χ0) is 33.6. The number of nitrogens with one attached hydrogen (secondary N) is 1. The Hall–Kier alpha value is -5.66. The maximum absolute atomic E-state index is 13.3. The lowest BCUT2D eigenvalue weighted by Crippen LogP contribution is -2.54. The Labute approximate surface area is 275 Å². The van der Waals surface area contributed by atoms with Crippen LogP contribution in [0.2, 0.25) is 10.0 Å². The highest BCUT2D eigenvalue weighted by Gasteiger charge is 2.36. The van der Waals surface area contributed by atoms with E-state index in [0.717, 1.165) is 9.47 Å². The standard InChI is InChI=1S/C32H24Cl2N6O7/c1-37-26-25(29(43)38(2)32(37)45)39(16-18-10-11-19(33)15-22(18)34)31(35-26)47-23-12-9-17(14-24(23)46-3)13-21-27(41)36-30(44)40(28(21)42)20-7-5-4-6-8-20/h4-15H,16H2,1-3H3,(H,36,41,44)/b21-13-. The number of benzene rings is 3. The summed E-state index contributed by atoms with van der Waals surface area (Å²) in [6.45, 7) is 0.0373. The van der Waals surface area contributed by atoms with Gasteiger partial charge < -0.3 is 9.47 Å². The van der Waals surface area contributed by atoms with Crippen molar-refractivity contribution in [2.45, 2.75) is 6.54 Å². The molecule has 0 saturated carbocycles. The lowest BCUT2D eigenvalue weighted by Gasteiger charge is -2.26. The lowest BCUT2D eigenvalue weighted by atomic mass is 10.1. The van der Waals surface area contributed by atoms with Crippen molar-refractivity contribution in [2.75, 3.05) is 12.0 Å². The van der Waals surface area contributed by atoms with Gasteiger partial charge >= 0.3 is 17.7 Å². The molecule has 6 rings (SSSR count). The number of imide groups is 2. The quantitative estimate of drug-likeness (QED) is 0.199. The van der Waals surface area contributed by atoms with Crippen molar-refractivity contribution in [2.24, 2.45) is 14.1 Å². The summed E-state index contributed by atoms with van der Waals surface area (Å²) in [6, 6.07) is 16.8.